The van der Waals surface area contributed by atoms with Gasteiger partial charge in [-0.1, -0.05) is 50.1 Å². The number of rotatable bonds is 3. The third-order valence-corrected chi connectivity index (χ3v) is 9.36. The molecule has 1 aliphatic carbocycles. The molecule has 212 valence electrons. The molecule has 4 atom stereocenters. The van der Waals surface area contributed by atoms with Crippen LogP contribution in [-0.2, 0) is 11.2 Å². The van der Waals surface area contributed by atoms with E-state index in [0.29, 0.717) is 12.5 Å². The molecule has 3 aliphatic rings. The average molecular weight is 571 g/mol. The number of anilines is 1. The number of halogens is 1. The van der Waals surface area contributed by atoms with Crippen LogP contribution < -0.4 is 14.4 Å². The van der Waals surface area contributed by atoms with Gasteiger partial charge < -0.3 is 14.7 Å². The number of hydrogen-bond acceptors (Lipinski definition) is 5. The van der Waals surface area contributed by atoms with Gasteiger partial charge in [0, 0.05) is 42.0 Å². The molecule has 39 heavy (non-hydrogen) atoms. The van der Waals surface area contributed by atoms with Crippen molar-refractivity contribution in [2.45, 2.75) is 69.6 Å². The summed E-state index contributed by atoms with van der Waals surface area (Å²) in [6.45, 7) is 6.85. The lowest BCUT2D eigenvalue weighted by atomic mass is 9.71. The van der Waals surface area contributed by atoms with Gasteiger partial charge in [0.05, 0.1) is 12.3 Å². The van der Waals surface area contributed by atoms with Gasteiger partial charge in [-0.15, -0.1) is 0 Å². The van der Waals surface area contributed by atoms with Crippen molar-refractivity contribution < 1.29 is 14.6 Å². The molecule has 4 unspecified atom stereocenters. The molecule has 1 fully saturated rings. The van der Waals surface area contributed by atoms with Crippen LogP contribution in [-0.4, -0.2) is 37.8 Å². The van der Waals surface area contributed by atoms with Crippen LogP contribution >= 0.6 is 23.5 Å². The van der Waals surface area contributed by atoms with Gasteiger partial charge in [-0.05, 0) is 104 Å². The lowest BCUT2D eigenvalue weighted by Crippen LogP contribution is -2.40. The molecule has 2 heterocycles. The maximum absolute atomic E-state index is 12.7. The number of allylic oxidation sites excluding steroid dienone is 2. The minimum atomic E-state index is -0.000355. The fourth-order valence-corrected chi connectivity index (χ4v) is 6.83. The molecule has 0 spiro atoms. The molecule has 2 aromatic carbocycles. The van der Waals surface area contributed by atoms with E-state index in [0.717, 1.165) is 79.6 Å². The number of aliphatic hydroxyl groups excluding tert-OH is 1. The average Bonchev–Trinajstić information content (AvgIpc) is 3.11. The number of nitrogens with zero attached hydrogens (tertiary/aromatic N) is 1. The number of benzene rings is 2. The van der Waals surface area contributed by atoms with Crippen molar-refractivity contribution in [1.29, 1.82) is 0 Å². The Balaban J connectivity index is 0.00000172. The van der Waals surface area contributed by atoms with Crippen LogP contribution in [0.25, 0.3) is 0 Å². The van der Waals surface area contributed by atoms with E-state index in [2.05, 4.69) is 59.0 Å². The fourth-order valence-electron chi connectivity index (χ4n) is 5.90. The molecule has 0 aromatic heterocycles. The summed E-state index contributed by atoms with van der Waals surface area (Å²) in [5.41, 5.74) is 3.84. The highest BCUT2D eigenvalue weighted by atomic mass is 35.5. The molecule has 1 amide bonds. The Morgan fingerprint density at radius 3 is 2.67 bits per heavy atom. The second-order valence-corrected chi connectivity index (χ2v) is 12.3. The maximum Gasteiger partial charge on any atom is 0.232 e. The summed E-state index contributed by atoms with van der Waals surface area (Å²) in [5, 5.41) is 7.80. The summed E-state index contributed by atoms with van der Waals surface area (Å²) in [5.74, 6) is 2.74. The quantitative estimate of drug-likeness (QED) is 0.297. The molecule has 2 bridgehead atoms. The number of amides is 1. The van der Waals surface area contributed by atoms with Crippen molar-refractivity contribution in [1.82, 2.24) is 4.72 Å². The summed E-state index contributed by atoms with van der Waals surface area (Å²) < 4.78 is 9.56. The SMILES string of the molecule is CCCc1cc(Cl)ccc1C1COc2ccc3cc2N(C1)CC1CCC1C/C=C/CCC(C)C(=O)NS3.CO. The summed E-state index contributed by atoms with van der Waals surface area (Å²) in [7, 11) is 1.00. The van der Waals surface area contributed by atoms with E-state index < -0.39 is 0 Å². The summed E-state index contributed by atoms with van der Waals surface area (Å²) >= 11 is 7.81. The van der Waals surface area contributed by atoms with Gasteiger partial charge in [0.1, 0.15) is 5.75 Å². The number of carbonyl (C=O) groups is 1. The van der Waals surface area contributed by atoms with Gasteiger partial charge in [0.2, 0.25) is 5.91 Å². The van der Waals surface area contributed by atoms with E-state index in [1.807, 2.05) is 13.0 Å². The molecule has 2 N–H and O–H groups in total. The second kappa shape index (κ2) is 14.5. The maximum atomic E-state index is 12.7. The van der Waals surface area contributed by atoms with Crippen molar-refractivity contribution in [2.75, 3.05) is 31.7 Å². The highest BCUT2D eigenvalue weighted by molar-refractivity contribution is 7.98. The van der Waals surface area contributed by atoms with Gasteiger partial charge in [-0.3, -0.25) is 9.52 Å². The second-order valence-electron chi connectivity index (χ2n) is 11.0. The van der Waals surface area contributed by atoms with Crippen LogP contribution in [0.5, 0.6) is 5.75 Å². The van der Waals surface area contributed by atoms with E-state index >= 15 is 0 Å². The Hall–Kier alpha value is -2.15. The first-order valence-electron chi connectivity index (χ1n) is 14.4. The predicted octanol–water partition coefficient (Wildman–Crippen LogP) is 7.41. The highest BCUT2D eigenvalue weighted by Gasteiger charge is 2.34. The molecule has 0 radical (unpaired) electrons. The molecule has 0 saturated heterocycles. The van der Waals surface area contributed by atoms with Crippen molar-refractivity contribution >= 4 is 35.1 Å². The van der Waals surface area contributed by atoms with Crippen molar-refractivity contribution in [3.8, 4) is 5.75 Å². The third-order valence-electron chi connectivity index (χ3n) is 8.33. The Bertz CT molecular complexity index is 1140. The van der Waals surface area contributed by atoms with Crippen LogP contribution in [0.3, 0.4) is 0 Å². The molecule has 2 aliphatic heterocycles. The lowest BCUT2D eigenvalue weighted by molar-refractivity contribution is -0.122. The molecular formula is C32H43ClN2O3S. The number of carbonyl (C=O) groups excluding carboxylic acids is 1. The zero-order valence-electron chi connectivity index (χ0n) is 23.5. The molecular weight excluding hydrogens is 528 g/mol. The van der Waals surface area contributed by atoms with E-state index in [4.69, 9.17) is 21.4 Å². The molecule has 5 nitrogen and oxygen atoms in total. The van der Waals surface area contributed by atoms with E-state index in [1.54, 1.807) is 0 Å². The number of hydrogen-bond donors (Lipinski definition) is 2. The number of fused-ring (bicyclic) bond motifs is 2. The largest absolute Gasteiger partial charge is 0.491 e. The zero-order chi connectivity index (χ0) is 27.8. The van der Waals surface area contributed by atoms with Crippen molar-refractivity contribution in [3.63, 3.8) is 0 Å². The lowest BCUT2D eigenvalue weighted by Gasteiger charge is -2.41. The van der Waals surface area contributed by atoms with E-state index in [-0.39, 0.29) is 17.7 Å². The predicted molar refractivity (Wildman–Crippen MR) is 163 cm³/mol. The molecule has 7 heteroatoms. The topological polar surface area (TPSA) is 61.8 Å². The summed E-state index contributed by atoms with van der Waals surface area (Å²) in [6, 6.07) is 12.7. The number of aliphatic hydroxyl groups is 1. The molecule has 2 aromatic rings. The van der Waals surface area contributed by atoms with Crippen LogP contribution in [0.4, 0.5) is 5.69 Å². The van der Waals surface area contributed by atoms with Gasteiger partial charge in [0.15, 0.2) is 0 Å². The van der Waals surface area contributed by atoms with Gasteiger partial charge in [-0.25, -0.2) is 0 Å². The first-order valence-corrected chi connectivity index (χ1v) is 15.6. The van der Waals surface area contributed by atoms with Crippen molar-refractivity contribution in [3.05, 3.63) is 64.7 Å². The fraction of sp³-hybridized carbons (Fsp3) is 0.531. The van der Waals surface area contributed by atoms with E-state index in [1.165, 1.54) is 35.9 Å². The van der Waals surface area contributed by atoms with Crippen LogP contribution in [0.2, 0.25) is 5.02 Å². The van der Waals surface area contributed by atoms with E-state index in [9.17, 15) is 4.79 Å². The zero-order valence-corrected chi connectivity index (χ0v) is 25.1. The third kappa shape index (κ3) is 7.53. The normalized spacial score (nSPS) is 26.0. The smallest absolute Gasteiger partial charge is 0.232 e. The summed E-state index contributed by atoms with van der Waals surface area (Å²) in [6.07, 6.45) is 12.3. The molecule has 5 rings (SSSR count). The number of aryl methyl sites for hydroxylation is 1. The Morgan fingerprint density at radius 2 is 1.90 bits per heavy atom. The van der Waals surface area contributed by atoms with Gasteiger partial charge >= 0.3 is 0 Å². The van der Waals surface area contributed by atoms with Crippen molar-refractivity contribution in [2.24, 2.45) is 17.8 Å². The van der Waals surface area contributed by atoms with Crippen LogP contribution in [0.1, 0.15) is 69.4 Å². The first-order chi connectivity index (χ1) is 19.0. The highest BCUT2D eigenvalue weighted by Crippen LogP contribution is 2.43. The Kier molecular flexibility index (Phi) is 11.1. The Labute approximate surface area is 243 Å². The minimum absolute atomic E-state index is 0.000355. The number of ether oxygens (including phenoxy) is 1. The standard InChI is InChI=1S/C31H39ClN2O2S.CH4O/c1-3-7-23-16-26(32)12-14-28(23)25-19-34-18-24-11-10-22(24)9-6-4-5-8-21(2)31(35)33-37-27-13-15-30(36-20-25)29(34)17-27;1-2/h4,6,12-17,21-22,24-25H,3,5,7-11,18-20H2,1-2H3,(H,33,35);2H,1H3/b6-4+;. The van der Waals surface area contributed by atoms with Crippen LogP contribution in [0, 0.1) is 17.8 Å². The van der Waals surface area contributed by atoms with Gasteiger partial charge in [0.25, 0.3) is 0 Å². The molecule has 1 saturated carbocycles. The first kappa shape index (κ1) is 29.8. The number of nitrogens with one attached hydrogen (secondary N) is 1. The monoisotopic (exact) mass is 570 g/mol. The minimum Gasteiger partial charge on any atom is -0.491 e. The van der Waals surface area contributed by atoms with Gasteiger partial charge in [-0.2, -0.15) is 0 Å². The summed E-state index contributed by atoms with van der Waals surface area (Å²) in [4.78, 5) is 16.3. The van der Waals surface area contributed by atoms with Crippen LogP contribution in [0.15, 0.2) is 53.4 Å². The Morgan fingerprint density at radius 1 is 1.08 bits per heavy atom.